The second-order valence-electron chi connectivity index (χ2n) is 6.86. The first-order valence-corrected chi connectivity index (χ1v) is 10.5. The molecular formula is C18H23N3O5S. The summed E-state index contributed by atoms with van der Waals surface area (Å²) in [5.41, 5.74) is 0.411. The second-order valence-corrected chi connectivity index (χ2v) is 8.51. The molecule has 3 rings (SSSR count). The smallest absolute Gasteiger partial charge is 0.328 e. The number of hydrogen-bond donors (Lipinski definition) is 2. The number of hydrogen-bond acceptors (Lipinski definition) is 6. The molecule has 1 heterocycles. The maximum absolute atomic E-state index is 12.0. The van der Waals surface area contributed by atoms with Crippen molar-refractivity contribution in [1.29, 1.82) is 0 Å². The summed E-state index contributed by atoms with van der Waals surface area (Å²) in [5, 5.41) is 2.90. The molecule has 1 saturated carbocycles. The molecule has 2 atom stereocenters. The third kappa shape index (κ3) is 4.65. The van der Waals surface area contributed by atoms with Crippen LogP contribution in [0.4, 0.5) is 0 Å². The zero-order chi connectivity index (χ0) is 19.4. The summed E-state index contributed by atoms with van der Waals surface area (Å²) in [5.74, 6) is -0.511. The fourth-order valence-electron chi connectivity index (χ4n) is 3.37. The van der Waals surface area contributed by atoms with E-state index in [1.54, 1.807) is 18.2 Å². The average molecular weight is 393 g/mol. The van der Waals surface area contributed by atoms with Gasteiger partial charge in [-0.15, -0.1) is 0 Å². The maximum atomic E-state index is 12.0. The minimum atomic E-state index is -3.65. The van der Waals surface area contributed by atoms with E-state index < -0.39 is 16.0 Å². The lowest BCUT2D eigenvalue weighted by Gasteiger charge is -2.29. The van der Waals surface area contributed by atoms with E-state index in [1.807, 2.05) is 0 Å². The van der Waals surface area contributed by atoms with Crippen LogP contribution in [0.2, 0.25) is 0 Å². The Kier molecular flexibility index (Phi) is 5.79. The van der Waals surface area contributed by atoms with E-state index in [-0.39, 0.29) is 35.8 Å². The molecule has 0 radical (unpaired) electrons. The molecule has 1 aromatic rings. The highest BCUT2D eigenvalue weighted by Crippen LogP contribution is 2.24. The molecule has 0 saturated heterocycles. The largest absolute Gasteiger partial charge is 0.454 e. The number of amidine groups is 1. The van der Waals surface area contributed by atoms with Crippen molar-refractivity contribution in [2.45, 2.75) is 43.5 Å². The predicted octanol–water partition coefficient (Wildman–Crippen LogP) is 0.963. The van der Waals surface area contributed by atoms with E-state index in [0.29, 0.717) is 11.5 Å². The molecular weight excluding hydrogens is 370 g/mol. The number of nitrogens with zero attached hydrogens (tertiary/aromatic N) is 1. The van der Waals surface area contributed by atoms with E-state index in [2.05, 4.69) is 22.0 Å². The Morgan fingerprint density at radius 1 is 1.26 bits per heavy atom. The van der Waals surface area contributed by atoms with E-state index >= 15 is 0 Å². The van der Waals surface area contributed by atoms with Crippen LogP contribution >= 0.6 is 0 Å². The molecule has 0 bridgehead atoms. The van der Waals surface area contributed by atoms with Gasteiger partial charge in [0.2, 0.25) is 0 Å². The van der Waals surface area contributed by atoms with Gasteiger partial charge in [-0.3, -0.25) is 19.3 Å². The summed E-state index contributed by atoms with van der Waals surface area (Å²) in [4.78, 5) is 27.9. The predicted molar refractivity (Wildman–Crippen MR) is 98.7 cm³/mol. The number of esters is 1. The van der Waals surface area contributed by atoms with Crippen molar-refractivity contribution in [2.24, 2.45) is 10.9 Å². The molecule has 2 unspecified atom stereocenters. The Labute approximate surface area is 158 Å². The van der Waals surface area contributed by atoms with Gasteiger partial charge in [0, 0.05) is 11.6 Å². The topological polar surface area (TPSA) is 114 Å². The summed E-state index contributed by atoms with van der Waals surface area (Å²) in [7, 11) is -3.65. The molecule has 1 amide bonds. The van der Waals surface area contributed by atoms with E-state index in [9.17, 15) is 18.0 Å². The number of carbonyl (C=O) groups excluding carboxylic acids is 2. The van der Waals surface area contributed by atoms with E-state index in [1.165, 1.54) is 12.5 Å². The summed E-state index contributed by atoms with van der Waals surface area (Å²) in [6.45, 7) is 1.36. The van der Waals surface area contributed by atoms with Gasteiger partial charge in [-0.2, -0.15) is 0 Å². The monoisotopic (exact) mass is 393 g/mol. The van der Waals surface area contributed by atoms with Gasteiger partial charge in [-0.25, -0.2) is 8.42 Å². The molecule has 0 spiro atoms. The van der Waals surface area contributed by atoms with Gasteiger partial charge in [0.15, 0.2) is 6.61 Å². The first-order chi connectivity index (χ1) is 12.9. The van der Waals surface area contributed by atoms with Crippen molar-refractivity contribution >= 4 is 27.7 Å². The van der Waals surface area contributed by atoms with Crippen LogP contribution in [0.25, 0.3) is 0 Å². The highest BCUT2D eigenvalue weighted by molar-refractivity contribution is 7.90. The van der Waals surface area contributed by atoms with Gasteiger partial charge in [0.1, 0.15) is 12.4 Å². The van der Waals surface area contributed by atoms with Crippen LogP contribution in [0.15, 0.2) is 34.2 Å². The number of carbonyl (C=O) groups is 2. The van der Waals surface area contributed by atoms with Crippen LogP contribution in [0, 0.1) is 5.92 Å². The normalized spacial score (nSPS) is 24.7. The van der Waals surface area contributed by atoms with E-state index in [0.717, 1.165) is 19.3 Å². The number of ether oxygens (including phenoxy) is 1. The molecule has 1 aliphatic carbocycles. The van der Waals surface area contributed by atoms with Gasteiger partial charge >= 0.3 is 5.97 Å². The molecule has 27 heavy (non-hydrogen) atoms. The molecule has 1 aliphatic heterocycles. The molecule has 9 heteroatoms. The van der Waals surface area contributed by atoms with Crippen LogP contribution in [0.5, 0.6) is 0 Å². The fraction of sp³-hybridized carbons (Fsp3) is 0.500. The van der Waals surface area contributed by atoms with Crippen molar-refractivity contribution in [3.05, 3.63) is 29.8 Å². The van der Waals surface area contributed by atoms with Gasteiger partial charge < -0.3 is 10.1 Å². The van der Waals surface area contributed by atoms with Crippen molar-refractivity contribution in [3.63, 3.8) is 0 Å². The molecule has 0 aromatic heterocycles. The van der Waals surface area contributed by atoms with Gasteiger partial charge in [-0.05, 0) is 30.9 Å². The number of fused-ring (bicyclic) bond motifs is 1. The quantitative estimate of drug-likeness (QED) is 0.724. The summed E-state index contributed by atoms with van der Waals surface area (Å²) < 4.78 is 31.2. The first-order valence-electron chi connectivity index (χ1n) is 8.98. The van der Waals surface area contributed by atoms with Crippen LogP contribution in [0.1, 0.15) is 38.2 Å². The standard InChI is InChI=1S/C18H23N3O5S/c1-12-6-2-4-8-14(12)20-16(22)11-26-17(23)10-19-18-13-7-3-5-9-15(13)27(24,25)21-18/h3,5,7,9,12,14H,2,4,6,8,10-11H2,1H3,(H,19,21)(H,20,22). The Morgan fingerprint density at radius 3 is 2.78 bits per heavy atom. The molecule has 8 nitrogen and oxygen atoms in total. The molecule has 1 fully saturated rings. The van der Waals surface area contributed by atoms with Crippen LogP contribution in [-0.4, -0.2) is 45.3 Å². The lowest BCUT2D eigenvalue weighted by atomic mass is 9.86. The lowest BCUT2D eigenvalue weighted by molar-refractivity contribution is -0.147. The first kappa shape index (κ1) is 19.3. The van der Waals surface area contributed by atoms with Gasteiger partial charge in [-0.1, -0.05) is 31.9 Å². The summed E-state index contributed by atoms with van der Waals surface area (Å²) in [6, 6.07) is 6.49. The Hall–Kier alpha value is -2.42. The summed E-state index contributed by atoms with van der Waals surface area (Å²) in [6.07, 6.45) is 4.29. The minimum absolute atomic E-state index is 0.100. The number of amides is 1. The van der Waals surface area contributed by atoms with Gasteiger partial charge in [0.05, 0.1) is 4.90 Å². The third-order valence-corrected chi connectivity index (χ3v) is 6.25. The number of rotatable bonds is 5. The SMILES string of the molecule is CC1CCCCC1NC(=O)COC(=O)CN=C1NS(=O)(=O)c2ccccc21. The molecule has 2 aliphatic rings. The Bertz CT molecular complexity index is 866. The van der Waals surface area contributed by atoms with Crippen LogP contribution in [-0.2, 0) is 24.3 Å². The van der Waals surface area contributed by atoms with Crippen molar-refractivity contribution in [3.8, 4) is 0 Å². The van der Waals surface area contributed by atoms with Crippen molar-refractivity contribution in [2.75, 3.05) is 13.2 Å². The lowest BCUT2D eigenvalue weighted by Crippen LogP contribution is -2.43. The Balaban J connectivity index is 1.50. The molecule has 1 aromatic carbocycles. The second kappa shape index (κ2) is 8.08. The summed E-state index contributed by atoms with van der Waals surface area (Å²) >= 11 is 0. The number of sulfonamides is 1. The highest BCUT2D eigenvalue weighted by Gasteiger charge is 2.30. The fourth-order valence-corrected chi connectivity index (χ4v) is 4.62. The molecule has 146 valence electrons. The van der Waals surface area contributed by atoms with Crippen molar-refractivity contribution in [1.82, 2.24) is 10.0 Å². The van der Waals surface area contributed by atoms with E-state index in [4.69, 9.17) is 4.74 Å². The van der Waals surface area contributed by atoms with Crippen LogP contribution in [0.3, 0.4) is 0 Å². The zero-order valence-corrected chi connectivity index (χ0v) is 15.9. The number of benzene rings is 1. The molecule has 2 N–H and O–H groups in total. The van der Waals surface area contributed by atoms with Crippen LogP contribution < -0.4 is 10.0 Å². The highest BCUT2D eigenvalue weighted by atomic mass is 32.2. The Morgan fingerprint density at radius 2 is 2.00 bits per heavy atom. The maximum Gasteiger partial charge on any atom is 0.328 e. The average Bonchev–Trinajstić information content (AvgIpc) is 2.91. The zero-order valence-electron chi connectivity index (χ0n) is 15.1. The van der Waals surface area contributed by atoms with Crippen molar-refractivity contribution < 1.29 is 22.7 Å². The number of aliphatic imine (C=N–C) groups is 1. The minimum Gasteiger partial charge on any atom is -0.454 e. The number of nitrogens with one attached hydrogen (secondary N) is 2. The van der Waals surface area contributed by atoms with Gasteiger partial charge in [0.25, 0.3) is 15.9 Å². The third-order valence-electron chi connectivity index (χ3n) is 4.85.